The number of nitrogens with one attached hydrogen (secondary N) is 2. The van der Waals surface area contributed by atoms with Gasteiger partial charge in [-0.1, -0.05) is 23.7 Å². The normalized spacial score (nSPS) is 11.3. The van der Waals surface area contributed by atoms with E-state index in [2.05, 4.69) is 46.4 Å². The molecule has 0 aliphatic heterocycles. The van der Waals surface area contributed by atoms with E-state index < -0.39 is 0 Å². The molecule has 0 amide bonds. The first-order chi connectivity index (χ1) is 12.3. The molecule has 2 heterocycles. The molecule has 0 bridgehead atoms. The Kier molecular flexibility index (Phi) is 5.09. The van der Waals surface area contributed by atoms with Crippen molar-refractivity contribution in [3.63, 3.8) is 0 Å². The van der Waals surface area contributed by atoms with Crippen LogP contribution in [-0.4, -0.2) is 20.5 Å². The number of pyridine rings is 1. The third-order valence-corrected chi connectivity index (χ3v) is 3.84. The molecule has 0 aliphatic carbocycles. The maximum absolute atomic E-state index is 6.13. The van der Waals surface area contributed by atoms with Gasteiger partial charge in [-0.15, -0.1) is 0 Å². The Balaban J connectivity index is 2.03. The van der Waals surface area contributed by atoms with Crippen molar-refractivity contribution in [1.82, 2.24) is 15.0 Å². The number of hydrogen-bond acceptors (Lipinski definition) is 5. The zero-order valence-corrected chi connectivity index (χ0v) is 16.1. The number of benzene rings is 1. The third-order valence-electron chi connectivity index (χ3n) is 3.60. The van der Waals surface area contributed by atoms with E-state index in [1.807, 2.05) is 49.4 Å². The van der Waals surface area contributed by atoms with Gasteiger partial charge in [0.15, 0.2) is 0 Å². The molecule has 2 N–H and O–H groups in total. The molecule has 0 spiro atoms. The van der Waals surface area contributed by atoms with Crippen LogP contribution in [0.3, 0.4) is 0 Å². The van der Waals surface area contributed by atoms with Gasteiger partial charge in [0.1, 0.15) is 5.82 Å². The summed E-state index contributed by atoms with van der Waals surface area (Å²) in [5, 5.41) is 7.34. The van der Waals surface area contributed by atoms with Crippen LogP contribution >= 0.6 is 11.6 Å². The number of hydrogen-bond donors (Lipinski definition) is 2. The van der Waals surface area contributed by atoms with Crippen molar-refractivity contribution in [3.8, 4) is 11.4 Å². The van der Waals surface area contributed by atoms with Gasteiger partial charge in [0.25, 0.3) is 0 Å². The lowest BCUT2D eigenvalue weighted by Gasteiger charge is -2.21. The standard InChI is InChI=1S/C20H22ClN5/c1-13-8-9-14(21)11-16(13)23-18-12-17(15-7-5-6-10-22-15)24-19(25-18)26-20(2,3)4/h5-12H,1-4H3,(H2,23,24,25,26). The smallest absolute Gasteiger partial charge is 0.225 e. The molecule has 6 heteroatoms. The van der Waals surface area contributed by atoms with Gasteiger partial charge >= 0.3 is 0 Å². The van der Waals surface area contributed by atoms with E-state index in [1.165, 1.54) is 0 Å². The summed E-state index contributed by atoms with van der Waals surface area (Å²) < 4.78 is 0. The van der Waals surface area contributed by atoms with Gasteiger partial charge in [-0.05, 0) is 57.5 Å². The minimum atomic E-state index is -0.161. The molecule has 0 unspecified atom stereocenters. The number of aryl methyl sites for hydroxylation is 1. The van der Waals surface area contributed by atoms with Gasteiger partial charge in [-0.25, -0.2) is 4.98 Å². The molecule has 0 fully saturated rings. The maximum Gasteiger partial charge on any atom is 0.225 e. The summed E-state index contributed by atoms with van der Waals surface area (Å²) in [6.07, 6.45) is 1.75. The second kappa shape index (κ2) is 7.30. The van der Waals surface area contributed by atoms with Gasteiger partial charge in [0, 0.05) is 28.5 Å². The van der Waals surface area contributed by atoms with Crippen molar-refractivity contribution in [2.45, 2.75) is 33.2 Å². The Hall–Kier alpha value is -2.66. The van der Waals surface area contributed by atoms with E-state index in [-0.39, 0.29) is 5.54 Å². The predicted octanol–water partition coefficient (Wildman–Crippen LogP) is 5.45. The Morgan fingerprint density at radius 3 is 2.46 bits per heavy atom. The lowest BCUT2D eigenvalue weighted by molar-refractivity contribution is 0.626. The molecule has 0 radical (unpaired) electrons. The van der Waals surface area contributed by atoms with Crippen molar-refractivity contribution in [3.05, 3.63) is 59.2 Å². The van der Waals surface area contributed by atoms with Crippen LogP contribution in [0, 0.1) is 6.92 Å². The molecule has 134 valence electrons. The molecule has 3 aromatic rings. The van der Waals surface area contributed by atoms with E-state index in [0.29, 0.717) is 16.8 Å². The van der Waals surface area contributed by atoms with E-state index in [0.717, 1.165) is 22.6 Å². The van der Waals surface area contributed by atoms with Crippen LogP contribution < -0.4 is 10.6 Å². The molecule has 0 atom stereocenters. The average Bonchev–Trinajstić information content (AvgIpc) is 2.57. The van der Waals surface area contributed by atoms with Crippen molar-refractivity contribution in [1.29, 1.82) is 0 Å². The van der Waals surface area contributed by atoms with Crippen LogP contribution in [0.1, 0.15) is 26.3 Å². The Morgan fingerprint density at radius 1 is 0.962 bits per heavy atom. The molecular formula is C20H22ClN5. The highest BCUT2D eigenvalue weighted by Gasteiger charge is 2.14. The van der Waals surface area contributed by atoms with Gasteiger partial charge in [0.05, 0.1) is 11.4 Å². The van der Waals surface area contributed by atoms with Crippen LogP contribution in [0.25, 0.3) is 11.4 Å². The van der Waals surface area contributed by atoms with Crippen molar-refractivity contribution < 1.29 is 0 Å². The van der Waals surface area contributed by atoms with Gasteiger partial charge < -0.3 is 10.6 Å². The summed E-state index contributed by atoms with van der Waals surface area (Å²) >= 11 is 6.13. The molecule has 5 nitrogen and oxygen atoms in total. The summed E-state index contributed by atoms with van der Waals surface area (Å²) in [6.45, 7) is 8.22. The summed E-state index contributed by atoms with van der Waals surface area (Å²) in [5.74, 6) is 1.22. The first-order valence-electron chi connectivity index (χ1n) is 8.42. The molecule has 26 heavy (non-hydrogen) atoms. The third kappa shape index (κ3) is 4.70. The lowest BCUT2D eigenvalue weighted by Crippen LogP contribution is -2.27. The minimum Gasteiger partial charge on any atom is -0.350 e. The number of nitrogens with zero attached hydrogens (tertiary/aromatic N) is 3. The number of aromatic nitrogens is 3. The Labute approximate surface area is 158 Å². The molecule has 0 saturated heterocycles. The van der Waals surface area contributed by atoms with Crippen LogP contribution in [-0.2, 0) is 0 Å². The molecular weight excluding hydrogens is 346 g/mol. The molecule has 1 aromatic carbocycles. The second-order valence-electron chi connectivity index (χ2n) is 7.14. The van der Waals surface area contributed by atoms with Gasteiger partial charge in [0.2, 0.25) is 5.95 Å². The van der Waals surface area contributed by atoms with E-state index in [9.17, 15) is 0 Å². The number of rotatable bonds is 4. The first-order valence-corrected chi connectivity index (χ1v) is 8.80. The topological polar surface area (TPSA) is 62.7 Å². The number of anilines is 3. The molecule has 2 aromatic heterocycles. The summed E-state index contributed by atoms with van der Waals surface area (Å²) in [5.41, 5.74) is 3.36. The fraction of sp³-hybridized carbons (Fsp3) is 0.250. The zero-order chi connectivity index (χ0) is 18.7. The Bertz CT molecular complexity index is 904. The van der Waals surface area contributed by atoms with Crippen LogP contribution in [0.15, 0.2) is 48.7 Å². The minimum absolute atomic E-state index is 0.161. The average molecular weight is 368 g/mol. The van der Waals surface area contributed by atoms with Crippen LogP contribution in [0.5, 0.6) is 0 Å². The SMILES string of the molecule is Cc1ccc(Cl)cc1Nc1cc(-c2ccccn2)nc(NC(C)(C)C)n1. The highest BCUT2D eigenvalue weighted by Crippen LogP contribution is 2.26. The van der Waals surface area contributed by atoms with Gasteiger partial charge in [-0.3, -0.25) is 4.98 Å². The maximum atomic E-state index is 6.13. The Morgan fingerprint density at radius 2 is 1.77 bits per heavy atom. The van der Waals surface area contributed by atoms with Crippen molar-refractivity contribution in [2.75, 3.05) is 10.6 Å². The predicted molar refractivity (Wildman–Crippen MR) is 108 cm³/mol. The largest absolute Gasteiger partial charge is 0.350 e. The van der Waals surface area contributed by atoms with E-state index in [4.69, 9.17) is 11.6 Å². The first kappa shape index (κ1) is 18.1. The van der Waals surface area contributed by atoms with Crippen molar-refractivity contribution >= 4 is 29.1 Å². The highest BCUT2D eigenvalue weighted by molar-refractivity contribution is 6.30. The second-order valence-corrected chi connectivity index (χ2v) is 7.57. The fourth-order valence-corrected chi connectivity index (χ4v) is 2.59. The zero-order valence-electron chi connectivity index (χ0n) is 15.3. The molecule has 0 aliphatic rings. The van der Waals surface area contributed by atoms with Gasteiger partial charge in [-0.2, -0.15) is 4.98 Å². The lowest BCUT2D eigenvalue weighted by atomic mass is 10.1. The monoisotopic (exact) mass is 367 g/mol. The van der Waals surface area contributed by atoms with E-state index >= 15 is 0 Å². The molecule has 3 rings (SSSR count). The number of halogens is 1. The quantitative estimate of drug-likeness (QED) is 0.641. The summed E-state index contributed by atoms with van der Waals surface area (Å²) in [6, 6.07) is 13.4. The summed E-state index contributed by atoms with van der Waals surface area (Å²) in [4.78, 5) is 13.6. The summed E-state index contributed by atoms with van der Waals surface area (Å²) in [7, 11) is 0. The van der Waals surface area contributed by atoms with Crippen LogP contribution in [0.4, 0.5) is 17.5 Å². The fourth-order valence-electron chi connectivity index (χ4n) is 2.41. The molecule has 0 saturated carbocycles. The van der Waals surface area contributed by atoms with E-state index in [1.54, 1.807) is 6.20 Å². The highest BCUT2D eigenvalue weighted by atomic mass is 35.5. The van der Waals surface area contributed by atoms with Crippen LogP contribution in [0.2, 0.25) is 5.02 Å². The van der Waals surface area contributed by atoms with Crippen molar-refractivity contribution in [2.24, 2.45) is 0 Å².